The van der Waals surface area contributed by atoms with Crippen LogP contribution >= 0.6 is 0 Å². The fourth-order valence-electron chi connectivity index (χ4n) is 4.54. The summed E-state index contributed by atoms with van der Waals surface area (Å²) in [7, 11) is -0.417. The number of aromatic nitrogens is 3. The molecule has 3 heterocycles. The number of fused-ring (bicyclic) bond motifs is 1. The van der Waals surface area contributed by atoms with Crippen molar-refractivity contribution in [1.29, 1.82) is 0 Å². The average Bonchev–Trinajstić information content (AvgIpc) is 3.68. The lowest BCUT2D eigenvalue weighted by Gasteiger charge is -2.25. The molecule has 1 saturated carbocycles. The minimum atomic E-state index is -2.64. The molecule has 0 spiro atoms. The minimum absolute atomic E-state index is 0.00126. The van der Waals surface area contributed by atoms with Crippen molar-refractivity contribution in [2.45, 2.75) is 31.8 Å². The van der Waals surface area contributed by atoms with Gasteiger partial charge in [-0.25, -0.2) is 13.2 Å². The Labute approximate surface area is 220 Å². The predicted octanol–water partition coefficient (Wildman–Crippen LogP) is 1.25. The Morgan fingerprint density at radius 1 is 1.29 bits per heavy atom. The van der Waals surface area contributed by atoms with E-state index in [1.807, 2.05) is 12.1 Å². The molecule has 13 heteroatoms. The van der Waals surface area contributed by atoms with Crippen LogP contribution in [0.1, 0.15) is 45.8 Å². The van der Waals surface area contributed by atoms with E-state index < -0.39 is 24.2 Å². The van der Waals surface area contributed by atoms with Gasteiger partial charge < -0.3 is 19.9 Å². The largest absolute Gasteiger partial charge is 0.760 e. The maximum absolute atomic E-state index is 14.3. The molecule has 1 atom stereocenters. The summed E-state index contributed by atoms with van der Waals surface area (Å²) in [4.78, 5) is 17.0. The maximum atomic E-state index is 14.3. The summed E-state index contributed by atoms with van der Waals surface area (Å²) in [6.45, 7) is -0.123. The molecule has 0 radical (unpaired) electrons. The van der Waals surface area contributed by atoms with E-state index in [9.17, 15) is 28.0 Å². The molecule has 1 aliphatic carbocycles. The van der Waals surface area contributed by atoms with Gasteiger partial charge in [-0.05, 0) is 59.7 Å². The van der Waals surface area contributed by atoms with E-state index in [4.69, 9.17) is 0 Å². The smallest absolute Gasteiger partial charge is 0.491 e. The van der Waals surface area contributed by atoms with E-state index in [1.165, 1.54) is 12.1 Å². The van der Waals surface area contributed by atoms with Gasteiger partial charge in [0.2, 0.25) is 0 Å². The van der Waals surface area contributed by atoms with Crippen molar-refractivity contribution in [3.63, 3.8) is 0 Å². The summed E-state index contributed by atoms with van der Waals surface area (Å²) in [5.74, 6) is -0.904. The van der Waals surface area contributed by atoms with Crippen molar-refractivity contribution in [1.82, 2.24) is 24.2 Å². The first-order chi connectivity index (χ1) is 18.3. The second-order valence-corrected chi connectivity index (χ2v) is 10.1. The van der Waals surface area contributed by atoms with E-state index in [-0.39, 0.29) is 30.4 Å². The van der Waals surface area contributed by atoms with Crippen molar-refractivity contribution in [2.75, 3.05) is 7.05 Å². The van der Waals surface area contributed by atoms with E-state index in [1.54, 1.807) is 36.2 Å². The highest BCUT2D eigenvalue weighted by atomic mass is 32.2. The molecule has 1 amide bonds. The SMILES string of the molecule is CNC(=O)c1c(-c2cccnc2)nn2cc(CN(Cc3ccc(B(O)O)c(F)c3)S(=O)[O-])c(C3CC3)cc12. The zero-order chi connectivity index (χ0) is 27.0. The number of nitrogens with one attached hydrogen (secondary N) is 1. The summed E-state index contributed by atoms with van der Waals surface area (Å²) >= 11 is -2.64. The monoisotopic (exact) mass is 536 g/mol. The van der Waals surface area contributed by atoms with Crippen LogP contribution in [0.15, 0.2) is 55.0 Å². The molecule has 1 aromatic carbocycles. The van der Waals surface area contributed by atoms with Gasteiger partial charge in [0.05, 0.1) is 11.1 Å². The molecule has 0 aliphatic heterocycles. The first-order valence-electron chi connectivity index (χ1n) is 11.9. The molecule has 0 bridgehead atoms. The quantitative estimate of drug-likeness (QED) is 0.216. The van der Waals surface area contributed by atoms with Crippen LogP contribution in [0.3, 0.4) is 0 Å². The second kappa shape index (κ2) is 10.7. The molecule has 0 saturated heterocycles. The summed E-state index contributed by atoms with van der Waals surface area (Å²) in [6.07, 6.45) is 6.88. The highest BCUT2D eigenvalue weighted by molar-refractivity contribution is 7.76. The number of amides is 1. The van der Waals surface area contributed by atoms with Gasteiger partial charge in [0.15, 0.2) is 0 Å². The Bertz CT molecular complexity index is 1530. The highest BCUT2D eigenvalue weighted by Gasteiger charge is 2.30. The number of halogens is 1. The lowest BCUT2D eigenvalue weighted by molar-refractivity contribution is 0.0965. The van der Waals surface area contributed by atoms with Gasteiger partial charge in [-0.15, -0.1) is 0 Å². The Kier molecular flexibility index (Phi) is 7.37. The van der Waals surface area contributed by atoms with Crippen LogP contribution < -0.4 is 10.8 Å². The van der Waals surface area contributed by atoms with Gasteiger partial charge in [0, 0.05) is 61.0 Å². The molecule has 38 heavy (non-hydrogen) atoms. The fourth-order valence-corrected chi connectivity index (χ4v) is 5.04. The normalized spacial score (nSPS) is 14.2. The average molecular weight is 536 g/mol. The number of carbonyl (C=O) groups is 1. The van der Waals surface area contributed by atoms with Gasteiger partial charge in [-0.1, -0.05) is 12.1 Å². The van der Waals surface area contributed by atoms with Gasteiger partial charge in [0.25, 0.3) is 5.91 Å². The number of carbonyl (C=O) groups excluding carboxylic acids is 1. The molecule has 5 rings (SSSR count). The number of hydrogen-bond acceptors (Lipinski definition) is 7. The summed E-state index contributed by atoms with van der Waals surface area (Å²) in [5.41, 5.74) is 3.84. The molecule has 3 N–H and O–H groups in total. The molecule has 4 aromatic rings. The predicted molar refractivity (Wildman–Crippen MR) is 138 cm³/mol. The van der Waals surface area contributed by atoms with Gasteiger partial charge in [-0.2, -0.15) is 5.10 Å². The van der Waals surface area contributed by atoms with Gasteiger partial charge in [0.1, 0.15) is 11.5 Å². The third-order valence-corrected chi connectivity index (χ3v) is 7.23. The molecular formula is C25H24BFN5O5S-. The summed E-state index contributed by atoms with van der Waals surface area (Å²) in [6, 6.07) is 9.22. The summed E-state index contributed by atoms with van der Waals surface area (Å²) < 4.78 is 41.3. The standard InChI is InChI=1S/C25H25BFN5O5S/c1-28-25(33)23-22-10-19(16-5-6-16)18(14-32(22)30-24(23)17-3-2-8-29-11-17)13-31(38(36)37)12-15-4-7-20(26(34)35)21(27)9-15/h2-4,7-11,14,16,34-35H,5-6,12-13H2,1H3,(H,28,33)(H,36,37)/p-1. The number of pyridine rings is 2. The van der Waals surface area contributed by atoms with Crippen LogP contribution in [0.25, 0.3) is 16.8 Å². The lowest BCUT2D eigenvalue weighted by atomic mass is 9.79. The molecule has 10 nitrogen and oxygen atoms in total. The van der Waals surface area contributed by atoms with Gasteiger partial charge in [-0.3, -0.25) is 14.0 Å². The molecule has 196 valence electrons. The Balaban J connectivity index is 1.55. The molecule has 1 fully saturated rings. The molecular weight excluding hydrogens is 512 g/mol. The van der Waals surface area contributed by atoms with Crippen molar-refractivity contribution in [3.05, 3.63) is 83.1 Å². The van der Waals surface area contributed by atoms with E-state index in [0.29, 0.717) is 27.9 Å². The van der Waals surface area contributed by atoms with Crippen molar-refractivity contribution in [3.8, 4) is 11.3 Å². The molecule has 3 aromatic heterocycles. The zero-order valence-corrected chi connectivity index (χ0v) is 21.2. The van der Waals surface area contributed by atoms with Crippen molar-refractivity contribution in [2.24, 2.45) is 0 Å². The Morgan fingerprint density at radius 2 is 2.08 bits per heavy atom. The zero-order valence-electron chi connectivity index (χ0n) is 20.4. The van der Waals surface area contributed by atoms with Crippen LogP contribution in [-0.4, -0.2) is 57.8 Å². The number of nitrogens with zero attached hydrogens (tertiary/aromatic N) is 4. The van der Waals surface area contributed by atoms with Crippen LogP contribution in [0.4, 0.5) is 4.39 Å². The maximum Gasteiger partial charge on any atom is 0.491 e. The third-order valence-electron chi connectivity index (χ3n) is 6.55. The minimum Gasteiger partial charge on any atom is -0.760 e. The fraction of sp³-hybridized carbons (Fsp3) is 0.240. The highest BCUT2D eigenvalue weighted by Crippen LogP contribution is 2.43. The van der Waals surface area contributed by atoms with Crippen LogP contribution in [-0.2, 0) is 24.4 Å². The number of benzene rings is 1. The van der Waals surface area contributed by atoms with Crippen molar-refractivity contribution >= 4 is 35.3 Å². The van der Waals surface area contributed by atoms with E-state index >= 15 is 0 Å². The topological polar surface area (TPSA) is 143 Å². The van der Waals surface area contributed by atoms with Crippen LogP contribution in [0.5, 0.6) is 0 Å². The molecule has 1 unspecified atom stereocenters. The first kappa shape index (κ1) is 26.1. The molecule has 1 aliphatic rings. The number of rotatable bonds is 9. The van der Waals surface area contributed by atoms with E-state index in [2.05, 4.69) is 15.4 Å². The van der Waals surface area contributed by atoms with Crippen LogP contribution in [0, 0.1) is 5.82 Å². The first-order valence-corrected chi connectivity index (χ1v) is 13.0. The van der Waals surface area contributed by atoms with Gasteiger partial charge >= 0.3 is 7.12 Å². The Hall–Kier alpha value is -3.49. The third kappa shape index (κ3) is 5.24. The lowest BCUT2D eigenvalue weighted by Crippen LogP contribution is -2.33. The summed E-state index contributed by atoms with van der Waals surface area (Å²) in [5, 5.41) is 25.8. The Morgan fingerprint density at radius 3 is 2.68 bits per heavy atom. The van der Waals surface area contributed by atoms with E-state index in [0.717, 1.165) is 34.3 Å². The number of hydrogen-bond donors (Lipinski definition) is 3. The van der Waals surface area contributed by atoms with Crippen molar-refractivity contribution < 1.29 is 28.0 Å². The van der Waals surface area contributed by atoms with Crippen LogP contribution in [0.2, 0.25) is 0 Å². The second-order valence-electron chi connectivity index (χ2n) is 9.15.